The molecule has 1 aromatic heterocycles. The van der Waals surface area contributed by atoms with Crippen molar-refractivity contribution in [1.82, 2.24) is 4.98 Å². The average Bonchev–Trinajstić information content (AvgIpc) is 2.34. The first-order chi connectivity index (χ1) is 8.20. The van der Waals surface area contributed by atoms with Crippen molar-refractivity contribution < 1.29 is 13.9 Å². The van der Waals surface area contributed by atoms with Crippen LogP contribution < -0.4 is 0 Å². The lowest BCUT2D eigenvalue weighted by Crippen LogP contribution is -1.91. The molecule has 0 radical (unpaired) electrons. The van der Waals surface area contributed by atoms with Crippen LogP contribution in [-0.2, 0) is 6.61 Å². The molecule has 88 valence electrons. The first kappa shape index (κ1) is 12.0. The fraction of sp³-hybridized carbons (Fsp3) is 0.0833. The number of hydrogen-bond donors (Lipinski definition) is 1. The summed E-state index contributed by atoms with van der Waals surface area (Å²) < 4.78 is 25.7. The Morgan fingerprint density at radius 2 is 2.00 bits per heavy atom. The van der Waals surface area contributed by atoms with E-state index in [0.29, 0.717) is 15.5 Å². The molecular weight excluding hydrogens is 244 g/mol. The highest BCUT2D eigenvalue weighted by molar-refractivity contribution is 7.99. The van der Waals surface area contributed by atoms with Crippen molar-refractivity contribution in [3.8, 4) is 0 Å². The molecule has 17 heavy (non-hydrogen) atoms. The molecule has 0 spiro atoms. The van der Waals surface area contributed by atoms with Crippen LogP contribution in [0.3, 0.4) is 0 Å². The summed E-state index contributed by atoms with van der Waals surface area (Å²) in [6.45, 7) is -0.139. The number of aliphatic hydroxyl groups is 1. The third-order valence-corrected chi connectivity index (χ3v) is 3.18. The van der Waals surface area contributed by atoms with Crippen molar-refractivity contribution in [1.29, 1.82) is 0 Å². The molecule has 2 aromatic rings. The van der Waals surface area contributed by atoms with Crippen LogP contribution in [0.5, 0.6) is 0 Å². The second-order valence-corrected chi connectivity index (χ2v) is 4.37. The third kappa shape index (κ3) is 2.81. The highest BCUT2D eigenvalue weighted by Gasteiger charge is 2.07. The molecule has 0 aliphatic heterocycles. The monoisotopic (exact) mass is 253 g/mol. The van der Waals surface area contributed by atoms with Gasteiger partial charge in [-0.25, -0.2) is 13.8 Å². The number of nitrogens with zero attached hydrogens (tertiary/aromatic N) is 1. The summed E-state index contributed by atoms with van der Waals surface area (Å²) in [4.78, 5) is 4.62. The molecule has 1 aromatic carbocycles. The molecule has 0 atom stereocenters. The van der Waals surface area contributed by atoms with Crippen LogP contribution in [0, 0.1) is 11.6 Å². The van der Waals surface area contributed by atoms with E-state index in [0.717, 1.165) is 12.1 Å². The lowest BCUT2D eigenvalue weighted by atomic mass is 10.3. The van der Waals surface area contributed by atoms with E-state index in [9.17, 15) is 8.78 Å². The second-order valence-electron chi connectivity index (χ2n) is 3.30. The fourth-order valence-corrected chi connectivity index (χ4v) is 2.19. The van der Waals surface area contributed by atoms with Crippen molar-refractivity contribution >= 4 is 11.8 Å². The van der Waals surface area contributed by atoms with Crippen LogP contribution in [0.1, 0.15) is 5.56 Å². The van der Waals surface area contributed by atoms with Crippen LogP contribution in [0.4, 0.5) is 8.78 Å². The van der Waals surface area contributed by atoms with E-state index in [2.05, 4.69) is 4.98 Å². The van der Waals surface area contributed by atoms with Gasteiger partial charge in [0, 0.05) is 16.7 Å². The van der Waals surface area contributed by atoms with Crippen LogP contribution in [0.15, 0.2) is 46.5 Å². The number of halogens is 2. The van der Waals surface area contributed by atoms with Gasteiger partial charge in [-0.1, -0.05) is 17.8 Å². The Morgan fingerprint density at radius 1 is 1.18 bits per heavy atom. The minimum absolute atomic E-state index is 0.139. The number of aliphatic hydroxyl groups excluding tert-OH is 1. The zero-order valence-electron chi connectivity index (χ0n) is 8.73. The van der Waals surface area contributed by atoms with E-state index in [1.807, 2.05) is 0 Å². The maximum atomic E-state index is 13.0. The summed E-state index contributed by atoms with van der Waals surface area (Å²) in [6, 6.07) is 7.09. The minimum atomic E-state index is -0.892. The van der Waals surface area contributed by atoms with E-state index in [1.54, 1.807) is 18.3 Å². The minimum Gasteiger partial charge on any atom is -0.392 e. The maximum absolute atomic E-state index is 13.0. The van der Waals surface area contributed by atoms with Crippen LogP contribution in [0.25, 0.3) is 0 Å². The summed E-state index contributed by atoms with van der Waals surface area (Å²) >= 11 is 1.18. The molecule has 1 heterocycles. The summed E-state index contributed by atoms with van der Waals surface area (Å²) in [5, 5.41) is 9.69. The van der Waals surface area contributed by atoms with Gasteiger partial charge in [0.05, 0.1) is 6.61 Å². The van der Waals surface area contributed by atoms with Crippen molar-refractivity contribution in [2.24, 2.45) is 0 Å². The molecule has 0 aliphatic rings. The Bertz CT molecular complexity index is 534. The van der Waals surface area contributed by atoms with Gasteiger partial charge in [-0.05, 0) is 24.3 Å². The summed E-state index contributed by atoms with van der Waals surface area (Å²) in [5.41, 5.74) is 0.655. The van der Waals surface area contributed by atoms with Gasteiger partial charge in [-0.2, -0.15) is 0 Å². The summed E-state index contributed by atoms with van der Waals surface area (Å²) in [6.07, 6.45) is 1.58. The predicted octanol–water partition coefficient (Wildman–Crippen LogP) is 3.00. The van der Waals surface area contributed by atoms with Crippen molar-refractivity contribution in [3.05, 3.63) is 53.7 Å². The third-order valence-electron chi connectivity index (χ3n) is 2.13. The zero-order valence-corrected chi connectivity index (χ0v) is 9.55. The molecule has 2 rings (SSSR count). The molecule has 0 unspecified atom stereocenters. The molecule has 2 nitrogen and oxygen atoms in total. The lowest BCUT2D eigenvalue weighted by molar-refractivity contribution is 0.278. The van der Waals surface area contributed by atoms with E-state index in [1.165, 1.54) is 17.8 Å². The zero-order chi connectivity index (χ0) is 12.3. The molecule has 1 N–H and O–H groups in total. The van der Waals surface area contributed by atoms with E-state index >= 15 is 0 Å². The predicted molar refractivity (Wildman–Crippen MR) is 60.6 cm³/mol. The van der Waals surface area contributed by atoms with Crippen LogP contribution in [0.2, 0.25) is 0 Å². The van der Waals surface area contributed by atoms with Gasteiger partial charge in [0.1, 0.15) is 5.03 Å². The molecule has 0 amide bonds. The van der Waals surface area contributed by atoms with Crippen molar-refractivity contribution in [2.45, 2.75) is 16.5 Å². The summed E-state index contributed by atoms with van der Waals surface area (Å²) in [5.74, 6) is -1.77. The van der Waals surface area contributed by atoms with Gasteiger partial charge in [0.2, 0.25) is 0 Å². The molecular formula is C12H9F2NOS. The molecule has 0 fully saturated rings. The number of rotatable bonds is 3. The normalized spacial score (nSPS) is 10.5. The second kappa shape index (κ2) is 5.25. The highest BCUT2D eigenvalue weighted by atomic mass is 32.2. The van der Waals surface area contributed by atoms with Gasteiger partial charge >= 0.3 is 0 Å². The van der Waals surface area contributed by atoms with Gasteiger partial charge in [-0.15, -0.1) is 0 Å². The Kier molecular flexibility index (Phi) is 3.71. The van der Waals surface area contributed by atoms with Gasteiger partial charge in [0.25, 0.3) is 0 Å². The van der Waals surface area contributed by atoms with Gasteiger partial charge < -0.3 is 5.11 Å². The van der Waals surface area contributed by atoms with Gasteiger partial charge in [0.15, 0.2) is 11.6 Å². The quantitative estimate of drug-likeness (QED) is 0.912. The van der Waals surface area contributed by atoms with E-state index in [4.69, 9.17) is 5.11 Å². The summed E-state index contributed by atoms with van der Waals surface area (Å²) in [7, 11) is 0. The number of hydrogen-bond acceptors (Lipinski definition) is 3. The van der Waals surface area contributed by atoms with Crippen molar-refractivity contribution in [3.63, 3.8) is 0 Å². The van der Waals surface area contributed by atoms with Crippen LogP contribution in [-0.4, -0.2) is 10.1 Å². The van der Waals surface area contributed by atoms with Crippen molar-refractivity contribution in [2.75, 3.05) is 0 Å². The largest absolute Gasteiger partial charge is 0.392 e. The molecule has 0 aliphatic carbocycles. The lowest BCUT2D eigenvalue weighted by Gasteiger charge is -2.05. The van der Waals surface area contributed by atoms with E-state index < -0.39 is 11.6 Å². The molecule has 0 bridgehead atoms. The van der Waals surface area contributed by atoms with E-state index in [-0.39, 0.29) is 6.61 Å². The van der Waals surface area contributed by atoms with Crippen LogP contribution >= 0.6 is 11.8 Å². The standard InChI is InChI=1S/C12H9F2NOS/c13-10-4-3-9(6-11(10)14)17-12-8(7-16)2-1-5-15-12/h1-6,16H,7H2. The number of pyridine rings is 1. The first-order valence-corrected chi connectivity index (χ1v) is 5.70. The molecule has 0 saturated heterocycles. The number of aromatic nitrogens is 1. The van der Waals surface area contributed by atoms with Gasteiger partial charge in [-0.3, -0.25) is 0 Å². The Hall–Kier alpha value is -1.46. The molecule has 5 heteroatoms. The Morgan fingerprint density at radius 3 is 2.71 bits per heavy atom. The highest BCUT2D eigenvalue weighted by Crippen LogP contribution is 2.29. The average molecular weight is 253 g/mol. The Labute approximate surface area is 101 Å². The number of benzene rings is 1. The Balaban J connectivity index is 2.28. The SMILES string of the molecule is OCc1cccnc1Sc1ccc(F)c(F)c1. The first-order valence-electron chi connectivity index (χ1n) is 4.88. The maximum Gasteiger partial charge on any atom is 0.159 e. The fourth-order valence-electron chi connectivity index (χ4n) is 1.29. The topological polar surface area (TPSA) is 33.1 Å². The smallest absolute Gasteiger partial charge is 0.159 e. The molecule has 0 saturated carbocycles.